The van der Waals surface area contributed by atoms with E-state index < -0.39 is 0 Å². The Kier molecular flexibility index (Phi) is 5.03. The highest BCUT2D eigenvalue weighted by Gasteiger charge is 2.26. The van der Waals surface area contributed by atoms with Gasteiger partial charge in [0.2, 0.25) is 0 Å². The molecule has 1 aliphatic carbocycles. The molecule has 0 radical (unpaired) electrons. The summed E-state index contributed by atoms with van der Waals surface area (Å²) in [5, 5.41) is 21.4. The molecular weight excluding hydrogens is 280 g/mol. The molecule has 0 amide bonds. The second kappa shape index (κ2) is 6.76. The number of aliphatic hydroxyl groups excluding tert-OH is 1. The van der Waals surface area contributed by atoms with Crippen molar-refractivity contribution < 1.29 is 10.3 Å². The molecule has 1 fully saturated rings. The van der Waals surface area contributed by atoms with Gasteiger partial charge in [0.25, 0.3) is 0 Å². The topological polar surface area (TPSA) is 95.0 Å². The van der Waals surface area contributed by atoms with Crippen LogP contribution in [0.4, 0.5) is 5.82 Å². The summed E-state index contributed by atoms with van der Waals surface area (Å²) in [6, 6.07) is 1.93. The maximum absolute atomic E-state index is 9.27. The summed E-state index contributed by atoms with van der Waals surface area (Å²) in [6.45, 7) is 0.499. The van der Waals surface area contributed by atoms with Gasteiger partial charge in [-0.1, -0.05) is 29.6 Å². The Bertz CT molecular complexity index is 489. The first-order valence-electron chi connectivity index (χ1n) is 6.69. The number of nitrogens with zero attached hydrogens (tertiary/aromatic N) is 3. The first-order chi connectivity index (χ1) is 9.69. The van der Waals surface area contributed by atoms with Gasteiger partial charge in [0.05, 0.1) is 11.6 Å². The highest BCUT2D eigenvalue weighted by molar-refractivity contribution is 6.36. The second-order valence-corrected chi connectivity index (χ2v) is 5.21. The van der Waals surface area contributed by atoms with Crippen LogP contribution in [0.1, 0.15) is 31.2 Å². The molecule has 1 heterocycles. The van der Waals surface area contributed by atoms with Crippen molar-refractivity contribution >= 4 is 23.3 Å². The van der Waals surface area contributed by atoms with Gasteiger partial charge < -0.3 is 20.9 Å². The predicted molar refractivity (Wildman–Crippen MR) is 78.4 cm³/mol. The van der Waals surface area contributed by atoms with Crippen molar-refractivity contribution in [3.8, 4) is 0 Å². The number of rotatable bonds is 5. The highest BCUT2D eigenvalue weighted by atomic mass is 35.5. The van der Waals surface area contributed by atoms with E-state index >= 15 is 0 Å². The van der Waals surface area contributed by atoms with Crippen LogP contribution in [-0.4, -0.2) is 40.3 Å². The number of nitrogens with two attached hydrogens (primary N) is 1. The number of amidine groups is 1. The van der Waals surface area contributed by atoms with Crippen LogP contribution in [-0.2, 0) is 0 Å². The molecule has 4 N–H and O–H groups in total. The lowest BCUT2D eigenvalue weighted by atomic mass is 10.2. The molecule has 110 valence electrons. The number of hydrogen-bond donors (Lipinski definition) is 3. The summed E-state index contributed by atoms with van der Waals surface area (Å²) in [6.07, 6.45) is 6.04. The van der Waals surface area contributed by atoms with Gasteiger partial charge in [-0.2, -0.15) is 0 Å². The summed E-state index contributed by atoms with van der Waals surface area (Å²) in [5.41, 5.74) is 6.06. The number of aliphatic hydroxyl groups is 1. The zero-order valence-electron chi connectivity index (χ0n) is 11.2. The number of hydrogen-bond acceptors (Lipinski definition) is 5. The van der Waals surface area contributed by atoms with Gasteiger partial charge in [-0.05, 0) is 18.9 Å². The molecule has 20 heavy (non-hydrogen) atoms. The molecule has 7 heteroatoms. The summed E-state index contributed by atoms with van der Waals surface area (Å²) in [5.74, 6) is 0.533. The van der Waals surface area contributed by atoms with Crippen LogP contribution in [0.2, 0.25) is 5.02 Å². The summed E-state index contributed by atoms with van der Waals surface area (Å²) in [4.78, 5) is 6.33. The first-order valence-corrected chi connectivity index (χ1v) is 7.06. The van der Waals surface area contributed by atoms with Crippen molar-refractivity contribution in [1.82, 2.24) is 4.98 Å². The van der Waals surface area contributed by atoms with Gasteiger partial charge in [0.15, 0.2) is 5.84 Å². The monoisotopic (exact) mass is 298 g/mol. The number of aromatic nitrogens is 1. The van der Waals surface area contributed by atoms with Crippen LogP contribution in [0, 0.1) is 0 Å². The fourth-order valence-corrected chi connectivity index (χ4v) is 2.99. The Hall–Kier alpha value is -1.53. The maximum atomic E-state index is 9.27. The molecule has 1 aromatic heterocycles. The average molecular weight is 299 g/mol. The Labute approximate surface area is 122 Å². The van der Waals surface area contributed by atoms with E-state index in [1.54, 1.807) is 12.3 Å². The third-order valence-electron chi connectivity index (χ3n) is 3.63. The van der Waals surface area contributed by atoms with E-state index in [0.717, 1.165) is 12.8 Å². The number of pyridine rings is 1. The molecule has 0 saturated heterocycles. The molecule has 1 saturated carbocycles. The third kappa shape index (κ3) is 2.96. The Morgan fingerprint density at radius 3 is 2.80 bits per heavy atom. The van der Waals surface area contributed by atoms with Crippen LogP contribution in [0.3, 0.4) is 0 Å². The largest absolute Gasteiger partial charge is 0.409 e. The third-order valence-corrected chi connectivity index (χ3v) is 4.01. The average Bonchev–Trinajstić information content (AvgIpc) is 2.98. The SMILES string of the molecule is N/C(=N/O)c1ccnc(N(CCO)C2CCCC2)c1Cl. The van der Waals surface area contributed by atoms with Gasteiger partial charge in [0.1, 0.15) is 5.82 Å². The van der Waals surface area contributed by atoms with E-state index in [1.165, 1.54) is 12.8 Å². The maximum Gasteiger partial charge on any atom is 0.171 e. The fraction of sp³-hybridized carbons (Fsp3) is 0.538. The van der Waals surface area contributed by atoms with Crippen LogP contribution in [0.5, 0.6) is 0 Å². The van der Waals surface area contributed by atoms with Crippen molar-refractivity contribution in [1.29, 1.82) is 0 Å². The molecule has 1 aromatic rings. The molecular formula is C13H19ClN4O2. The van der Waals surface area contributed by atoms with Crippen LogP contribution >= 0.6 is 11.6 Å². The zero-order chi connectivity index (χ0) is 14.5. The lowest BCUT2D eigenvalue weighted by Crippen LogP contribution is -2.36. The lowest BCUT2D eigenvalue weighted by molar-refractivity contribution is 0.297. The molecule has 2 rings (SSSR count). The minimum atomic E-state index is -0.0472. The molecule has 6 nitrogen and oxygen atoms in total. The van der Waals surface area contributed by atoms with Gasteiger partial charge in [-0.25, -0.2) is 4.98 Å². The van der Waals surface area contributed by atoms with E-state index in [0.29, 0.717) is 29.0 Å². The fourth-order valence-electron chi connectivity index (χ4n) is 2.67. The molecule has 0 bridgehead atoms. The molecule has 1 aliphatic rings. The van der Waals surface area contributed by atoms with Gasteiger partial charge in [0, 0.05) is 24.3 Å². The van der Waals surface area contributed by atoms with Crippen molar-refractivity contribution in [3.05, 3.63) is 22.8 Å². The normalized spacial score (nSPS) is 16.6. The first kappa shape index (κ1) is 14.9. The number of anilines is 1. The standard InChI is InChI=1S/C13H19ClN4O2/c14-11-10(12(15)17-20)5-6-16-13(11)18(7-8-19)9-3-1-2-4-9/h5-6,9,19-20H,1-4,7-8H2,(H2,15,17). The zero-order valence-corrected chi connectivity index (χ0v) is 11.9. The summed E-state index contributed by atoms with van der Waals surface area (Å²) >= 11 is 6.33. The predicted octanol–water partition coefficient (Wildman–Crippen LogP) is 1.57. The summed E-state index contributed by atoms with van der Waals surface area (Å²) in [7, 11) is 0. The van der Waals surface area contributed by atoms with E-state index in [2.05, 4.69) is 10.1 Å². The summed E-state index contributed by atoms with van der Waals surface area (Å²) < 4.78 is 0. The van der Waals surface area contributed by atoms with Gasteiger partial charge in [-0.15, -0.1) is 0 Å². The van der Waals surface area contributed by atoms with Crippen LogP contribution in [0.25, 0.3) is 0 Å². The minimum absolute atomic E-state index is 0.0301. The Balaban J connectivity index is 2.37. The van der Waals surface area contributed by atoms with Crippen molar-refractivity contribution in [2.75, 3.05) is 18.1 Å². The van der Waals surface area contributed by atoms with Crippen molar-refractivity contribution in [3.63, 3.8) is 0 Å². The van der Waals surface area contributed by atoms with Crippen LogP contribution in [0.15, 0.2) is 17.4 Å². The quantitative estimate of drug-likeness (QED) is 0.332. The Morgan fingerprint density at radius 2 is 2.20 bits per heavy atom. The van der Waals surface area contributed by atoms with E-state index in [4.69, 9.17) is 22.5 Å². The van der Waals surface area contributed by atoms with Crippen LogP contribution < -0.4 is 10.6 Å². The Morgan fingerprint density at radius 1 is 1.50 bits per heavy atom. The minimum Gasteiger partial charge on any atom is -0.409 e. The lowest BCUT2D eigenvalue weighted by Gasteiger charge is -2.30. The van der Waals surface area contributed by atoms with Gasteiger partial charge in [-0.3, -0.25) is 0 Å². The highest BCUT2D eigenvalue weighted by Crippen LogP contribution is 2.32. The molecule has 0 atom stereocenters. The number of oxime groups is 1. The van der Waals surface area contributed by atoms with E-state index in [1.807, 2.05) is 4.90 Å². The molecule has 0 unspecified atom stereocenters. The van der Waals surface area contributed by atoms with Gasteiger partial charge >= 0.3 is 0 Å². The molecule has 0 spiro atoms. The van der Waals surface area contributed by atoms with Crippen molar-refractivity contribution in [2.24, 2.45) is 10.9 Å². The second-order valence-electron chi connectivity index (χ2n) is 4.84. The molecule has 0 aliphatic heterocycles. The molecule has 0 aromatic carbocycles. The smallest absolute Gasteiger partial charge is 0.171 e. The van der Waals surface area contributed by atoms with Crippen molar-refractivity contribution in [2.45, 2.75) is 31.7 Å². The number of halogens is 1. The van der Waals surface area contributed by atoms with E-state index in [-0.39, 0.29) is 12.4 Å². The van der Waals surface area contributed by atoms with E-state index in [9.17, 15) is 5.11 Å².